The van der Waals surface area contributed by atoms with Gasteiger partial charge in [-0.1, -0.05) is 31.5 Å². The molecule has 3 heteroatoms. The van der Waals surface area contributed by atoms with Crippen LogP contribution in [-0.4, -0.2) is 32.1 Å². The van der Waals surface area contributed by atoms with Crippen molar-refractivity contribution >= 4 is 0 Å². The van der Waals surface area contributed by atoms with E-state index in [4.69, 9.17) is 10.5 Å². The first-order valence-corrected chi connectivity index (χ1v) is 7.71. The zero-order chi connectivity index (χ0) is 14.8. The molecule has 0 radical (unpaired) electrons. The third-order valence-electron chi connectivity index (χ3n) is 3.94. The highest BCUT2D eigenvalue weighted by Crippen LogP contribution is 2.19. The van der Waals surface area contributed by atoms with Crippen LogP contribution < -0.4 is 10.5 Å². The molecule has 1 atom stereocenters. The third kappa shape index (κ3) is 5.93. The van der Waals surface area contributed by atoms with Gasteiger partial charge in [-0.05, 0) is 51.4 Å². The molecule has 0 bridgehead atoms. The van der Waals surface area contributed by atoms with Crippen molar-refractivity contribution in [3.8, 4) is 5.75 Å². The summed E-state index contributed by atoms with van der Waals surface area (Å²) < 4.78 is 5.40. The quantitative estimate of drug-likeness (QED) is 0.714. The third-order valence-corrected chi connectivity index (χ3v) is 3.94. The molecule has 1 rings (SSSR count). The second-order valence-electron chi connectivity index (χ2n) is 5.54. The van der Waals surface area contributed by atoms with Gasteiger partial charge in [0.05, 0.1) is 7.11 Å². The van der Waals surface area contributed by atoms with E-state index >= 15 is 0 Å². The first-order valence-electron chi connectivity index (χ1n) is 7.71. The molecule has 0 aromatic heterocycles. The Morgan fingerprint density at radius 2 is 2.00 bits per heavy atom. The van der Waals surface area contributed by atoms with Gasteiger partial charge < -0.3 is 15.4 Å². The van der Waals surface area contributed by atoms with E-state index in [-0.39, 0.29) is 0 Å². The van der Waals surface area contributed by atoms with Crippen LogP contribution in [0, 0.1) is 5.92 Å². The number of para-hydroxylation sites is 1. The molecule has 3 nitrogen and oxygen atoms in total. The first-order chi connectivity index (χ1) is 9.71. The van der Waals surface area contributed by atoms with Crippen LogP contribution >= 0.6 is 0 Å². The van der Waals surface area contributed by atoms with E-state index in [0.717, 1.165) is 37.7 Å². The van der Waals surface area contributed by atoms with Crippen molar-refractivity contribution in [1.82, 2.24) is 4.90 Å². The molecule has 0 heterocycles. The molecule has 1 aromatic carbocycles. The Hall–Kier alpha value is -1.06. The lowest BCUT2D eigenvalue weighted by molar-refractivity contribution is 0.295. The Labute approximate surface area is 124 Å². The Balaban J connectivity index is 2.34. The molecule has 0 saturated heterocycles. The minimum atomic E-state index is 0.791. The Kier molecular flexibility index (Phi) is 8.31. The molecule has 0 amide bonds. The fraction of sp³-hybridized carbons (Fsp3) is 0.647. The van der Waals surface area contributed by atoms with Crippen LogP contribution in [0.5, 0.6) is 5.75 Å². The Bertz CT molecular complexity index is 368. The first kappa shape index (κ1) is 17.0. The SMILES string of the molecule is CCC(CCN)CCCN(C)Cc1ccccc1OC. The summed E-state index contributed by atoms with van der Waals surface area (Å²) in [6.45, 7) is 5.14. The van der Waals surface area contributed by atoms with Gasteiger partial charge in [0.1, 0.15) is 5.75 Å². The second-order valence-corrected chi connectivity index (χ2v) is 5.54. The molecule has 0 aliphatic heterocycles. The summed E-state index contributed by atoms with van der Waals surface area (Å²) in [5.74, 6) is 1.77. The lowest BCUT2D eigenvalue weighted by Gasteiger charge is -2.20. The van der Waals surface area contributed by atoms with Crippen molar-refractivity contribution in [3.05, 3.63) is 29.8 Å². The smallest absolute Gasteiger partial charge is 0.123 e. The van der Waals surface area contributed by atoms with Crippen LogP contribution in [0.4, 0.5) is 0 Å². The number of rotatable bonds is 10. The molecule has 0 saturated carbocycles. The maximum absolute atomic E-state index is 5.65. The van der Waals surface area contributed by atoms with Gasteiger partial charge in [0.25, 0.3) is 0 Å². The molecule has 0 aliphatic rings. The summed E-state index contributed by atoms with van der Waals surface area (Å²) in [6.07, 6.45) is 4.92. The van der Waals surface area contributed by atoms with Crippen LogP contribution in [0.3, 0.4) is 0 Å². The van der Waals surface area contributed by atoms with E-state index in [1.807, 2.05) is 12.1 Å². The van der Waals surface area contributed by atoms with Crippen molar-refractivity contribution in [2.75, 3.05) is 27.2 Å². The van der Waals surface area contributed by atoms with Crippen LogP contribution in [0.1, 0.15) is 38.2 Å². The molecule has 0 fully saturated rings. The molecule has 1 aromatic rings. The van der Waals surface area contributed by atoms with Gasteiger partial charge in [0.15, 0.2) is 0 Å². The highest BCUT2D eigenvalue weighted by atomic mass is 16.5. The van der Waals surface area contributed by atoms with Gasteiger partial charge >= 0.3 is 0 Å². The van der Waals surface area contributed by atoms with E-state index < -0.39 is 0 Å². The Morgan fingerprint density at radius 1 is 1.25 bits per heavy atom. The Morgan fingerprint density at radius 3 is 2.65 bits per heavy atom. The minimum absolute atomic E-state index is 0.791. The fourth-order valence-electron chi connectivity index (χ4n) is 2.64. The van der Waals surface area contributed by atoms with Crippen LogP contribution in [0.15, 0.2) is 24.3 Å². The summed E-state index contributed by atoms with van der Waals surface area (Å²) in [6, 6.07) is 8.25. The van der Waals surface area contributed by atoms with Gasteiger partial charge in [-0.25, -0.2) is 0 Å². The van der Waals surface area contributed by atoms with Crippen LogP contribution in [-0.2, 0) is 6.54 Å². The van der Waals surface area contributed by atoms with E-state index in [0.29, 0.717) is 0 Å². The molecule has 2 N–H and O–H groups in total. The van der Waals surface area contributed by atoms with Gasteiger partial charge in [0.2, 0.25) is 0 Å². The zero-order valence-corrected chi connectivity index (χ0v) is 13.3. The normalized spacial score (nSPS) is 12.7. The lowest BCUT2D eigenvalue weighted by atomic mass is 9.96. The number of methoxy groups -OCH3 is 1. The van der Waals surface area contributed by atoms with E-state index in [9.17, 15) is 0 Å². The van der Waals surface area contributed by atoms with Crippen molar-refractivity contribution in [2.24, 2.45) is 11.7 Å². The molecule has 0 spiro atoms. The van der Waals surface area contributed by atoms with Gasteiger partial charge in [-0.2, -0.15) is 0 Å². The summed E-state index contributed by atoms with van der Waals surface area (Å²) >= 11 is 0. The molecule has 1 unspecified atom stereocenters. The van der Waals surface area contributed by atoms with Crippen LogP contribution in [0.25, 0.3) is 0 Å². The standard InChI is InChI=1S/C17H30N2O/c1-4-15(11-12-18)8-7-13-19(2)14-16-9-5-6-10-17(16)20-3/h5-6,9-10,15H,4,7-8,11-14,18H2,1-3H3. The molecular weight excluding hydrogens is 248 g/mol. The monoisotopic (exact) mass is 278 g/mol. The van der Waals surface area contributed by atoms with Crippen molar-refractivity contribution in [3.63, 3.8) is 0 Å². The highest BCUT2D eigenvalue weighted by molar-refractivity contribution is 5.32. The predicted molar refractivity (Wildman–Crippen MR) is 86.0 cm³/mol. The van der Waals surface area contributed by atoms with E-state index in [2.05, 4.69) is 31.0 Å². The van der Waals surface area contributed by atoms with E-state index in [1.54, 1.807) is 7.11 Å². The van der Waals surface area contributed by atoms with Crippen molar-refractivity contribution in [2.45, 2.75) is 39.2 Å². The van der Waals surface area contributed by atoms with Crippen molar-refractivity contribution in [1.29, 1.82) is 0 Å². The highest BCUT2D eigenvalue weighted by Gasteiger charge is 2.08. The van der Waals surface area contributed by atoms with Gasteiger partial charge in [0, 0.05) is 12.1 Å². The molecule has 0 aliphatic carbocycles. The average Bonchev–Trinajstić information content (AvgIpc) is 2.47. The summed E-state index contributed by atoms with van der Waals surface area (Å²) in [5.41, 5.74) is 6.90. The zero-order valence-electron chi connectivity index (χ0n) is 13.3. The molecule has 114 valence electrons. The molecular formula is C17H30N2O. The summed E-state index contributed by atoms with van der Waals surface area (Å²) in [5, 5.41) is 0. The maximum Gasteiger partial charge on any atom is 0.123 e. The maximum atomic E-state index is 5.65. The number of hydrogen-bond acceptors (Lipinski definition) is 3. The topological polar surface area (TPSA) is 38.5 Å². The van der Waals surface area contributed by atoms with E-state index in [1.165, 1.54) is 24.8 Å². The average molecular weight is 278 g/mol. The number of benzene rings is 1. The number of nitrogens with zero attached hydrogens (tertiary/aromatic N) is 1. The number of nitrogens with two attached hydrogens (primary N) is 1. The fourth-order valence-corrected chi connectivity index (χ4v) is 2.64. The molecule has 20 heavy (non-hydrogen) atoms. The largest absolute Gasteiger partial charge is 0.496 e. The van der Waals surface area contributed by atoms with Gasteiger partial charge in [-0.15, -0.1) is 0 Å². The number of ether oxygens (including phenoxy) is 1. The van der Waals surface area contributed by atoms with Crippen molar-refractivity contribution < 1.29 is 4.74 Å². The van der Waals surface area contributed by atoms with Gasteiger partial charge in [-0.3, -0.25) is 0 Å². The second kappa shape index (κ2) is 9.78. The summed E-state index contributed by atoms with van der Waals surface area (Å²) in [4.78, 5) is 2.37. The minimum Gasteiger partial charge on any atom is -0.496 e. The summed E-state index contributed by atoms with van der Waals surface area (Å²) in [7, 11) is 3.91. The predicted octanol–water partition coefficient (Wildman–Crippen LogP) is 3.28. The van der Waals surface area contributed by atoms with Crippen LogP contribution in [0.2, 0.25) is 0 Å². The number of hydrogen-bond donors (Lipinski definition) is 1. The lowest BCUT2D eigenvalue weighted by Crippen LogP contribution is -2.20.